The first-order chi connectivity index (χ1) is 12.5. The lowest BCUT2D eigenvalue weighted by molar-refractivity contribution is -0.129. The average molecular weight is 348 g/mol. The third kappa shape index (κ3) is 2.83. The minimum Gasteiger partial charge on any atom is -0.347 e. The van der Waals surface area contributed by atoms with Crippen molar-refractivity contribution in [3.05, 3.63) is 59.3 Å². The number of rotatable bonds is 4. The van der Waals surface area contributed by atoms with E-state index in [9.17, 15) is 9.59 Å². The van der Waals surface area contributed by atoms with Crippen LogP contribution in [-0.2, 0) is 24.2 Å². The Bertz CT molecular complexity index is 1010. The Balaban J connectivity index is 1.58. The van der Waals surface area contributed by atoms with Gasteiger partial charge in [-0.25, -0.2) is 0 Å². The molecule has 6 heteroatoms. The van der Waals surface area contributed by atoms with E-state index in [1.54, 1.807) is 26.4 Å². The lowest BCUT2D eigenvalue weighted by atomic mass is 9.99. The molecule has 0 aliphatic heterocycles. The van der Waals surface area contributed by atoms with Crippen molar-refractivity contribution in [2.24, 2.45) is 0 Å². The Kier molecular flexibility index (Phi) is 3.95. The number of hydrogen-bond donors (Lipinski definition) is 1. The molecule has 0 spiro atoms. The zero-order valence-electron chi connectivity index (χ0n) is 14.8. The summed E-state index contributed by atoms with van der Waals surface area (Å²) in [5.41, 5.74) is 3.25. The van der Waals surface area contributed by atoms with E-state index in [1.165, 1.54) is 26.1 Å². The molecule has 0 unspecified atom stereocenters. The number of carbonyl (C=O) groups is 2. The molecule has 0 radical (unpaired) electrons. The number of hydrogen-bond acceptors (Lipinski definition) is 3. The van der Waals surface area contributed by atoms with Crippen molar-refractivity contribution in [3.63, 3.8) is 0 Å². The van der Waals surface area contributed by atoms with Gasteiger partial charge in [0.2, 0.25) is 5.91 Å². The second-order valence-electron chi connectivity index (χ2n) is 6.75. The topological polar surface area (TPSA) is 67.2 Å². The summed E-state index contributed by atoms with van der Waals surface area (Å²) < 4.78 is 1.52. The lowest BCUT2D eigenvalue weighted by Crippen LogP contribution is -2.26. The van der Waals surface area contributed by atoms with Gasteiger partial charge in [-0.05, 0) is 40.8 Å². The average Bonchev–Trinajstić information content (AvgIpc) is 3.23. The van der Waals surface area contributed by atoms with Crippen LogP contribution in [0.15, 0.2) is 42.6 Å². The van der Waals surface area contributed by atoms with Crippen molar-refractivity contribution in [2.75, 3.05) is 19.4 Å². The highest BCUT2D eigenvalue weighted by molar-refractivity contribution is 6.14. The van der Waals surface area contributed by atoms with E-state index in [2.05, 4.69) is 16.5 Å². The Hall–Kier alpha value is -3.15. The maximum Gasteiger partial charge on any atom is 0.257 e. The fourth-order valence-electron chi connectivity index (χ4n) is 3.42. The highest BCUT2D eigenvalue weighted by Gasteiger charge is 2.19. The van der Waals surface area contributed by atoms with Crippen LogP contribution in [0.5, 0.6) is 0 Å². The van der Waals surface area contributed by atoms with Gasteiger partial charge in [-0.15, -0.1) is 0 Å². The fraction of sp³-hybridized carbons (Fsp3) is 0.250. The number of nitrogens with one attached hydrogen (secondary N) is 1. The highest BCUT2D eigenvalue weighted by Crippen LogP contribution is 2.32. The van der Waals surface area contributed by atoms with Crippen LogP contribution in [0.1, 0.15) is 21.5 Å². The number of amides is 2. The summed E-state index contributed by atoms with van der Waals surface area (Å²) in [5.74, 6) is 0.188. The molecule has 0 bridgehead atoms. The molecule has 1 aromatic heterocycles. The SMILES string of the molecule is CN(C)C(=O)Cn1ccc(NC(=O)c2ccc3c4c(cccc24)CC3)n1. The van der Waals surface area contributed by atoms with Gasteiger partial charge >= 0.3 is 0 Å². The standard InChI is InChI=1S/C20H20N4O2/c1-23(2)18(25)12-24-11-10-17(22-24)21-20(26)16-9-8-14-7-6-13-4-3-5-15(16)19(13)14/h3-5,8-11H,6-7,12H2,1-2H3,(H,21,22,26). The normalized spacial score (nSPS) is 12.4. The Morgan fingerprint density at radius 2 is 1.88 bits per heavy atom. The Morgan fingerprint density at radius 3 is 2.65 bits per heavy atom. The third-order valence-electron chi connectivity index (χ3n) is 4.80. The molecule has 26 heavy (non-hydrogen) atoms. The zero-order valence-corrected chi connectivity index (χ0v) is 14.8. The van der Waals surface area contributed by atoms with Crippen LogP contribution in [0, 0.1) is 0 Å². The molecule has 1 heterocycles. The molecule has 1 aliphatic rings. The molecule has 132 valence electrons. The summed E-state index contributed by atoms with van der Waals surface area (Å²) in [6.45, 7) is 0.143. The maximum atomic E-state index is 12.8. The Labute approximate surface area is 151 Å². The molecule has 2 aromatic carbocycles. The summed E-state index contributed by atoms with van der Waals surface area (Å²) in [4.78, 5) is 26.0. The molecule has 0 saturated heterocycles. The summed E-state index contributed by atoms with van der Waals surface area (Å²) in [6, 6.07) is 11.8. The largest absolute Gasteiger partial charge is 0.347 e. The third-order valence-corrected chi connectivity index (χ3v) is 4.80. The lowest BCUT2D eigenvalue weighted by Gasteiger charge is -2.10. The molecule has 6 nitrogen and oxygen atoms in total. The fourth-order valence-corrected chi connectivity index (χ4v) is 3.42. The smallest absolute Gasteiger partial charge is 0.257 e. The molecule has 2 amide bonds. The number of likely N-dealkylation sites (N-methyl/N-ethyl adjacent to an activating group) is 1. The number of aryl methyl sites for hydroxylation is 2. The second kappa shape index (κ2) is 6.29. The van der Waals surface area contributed by atoms with Gasteiger partial charge in [0.1, 0.15) is 6.54 Å². The van der Waals surface area contributed by atoms with Gasteiger partial charge in [-0.2, -0.15) is 5.10 Å². The summed E-state index contributed by atoms with van der Waals surface area (Å²) in [7, 11) is 3.40. The van der Waals surface area contributed by atoms with Gasteiger partial charge in [-0.1, -0.05) is 24.3 Å². The van der Waals surface area contributed by atoms with Gasteiger partial charge in [-0.3, -0.25) is 14.3 Å². The van der Waals surface area contributed by atoms with E-state index in [1.807, 2.05) is 24.3 Å². The number of anilines is 1. The van der Waals surface area contributed by atoms with E-state index in [-0.39, 0.29) is 18.4 Å². The van der Waals surface area contributed by atoms with Crippen molar-refractivity contribution in [1.29, 1.82) is 0 Å². The van der Waals surface area contributed by atoms with Crippen LogP contribution < -0.4 is 5.32 Å². The molecule has 4 rings (SSSR count). The van der Waals surface area contributed by atoms with E-state index in [0.717, 1.165) is 18.2 Å². The van der Waals surface area contributed by atoms with Crippen molar-refractivity contribution in [2.45, 2.75) is 19.4 Å². The zero-order chi connectivity index (χ0) is 18.3. The number of aromatic nitrogens is 2. The van der Waals surface area contributed by atoms with Crippen molar-refractivity contribution >= 4 is 28.4 Å². The molecule has 0 fully saturated rings. The number of benzene rings is 2. The van der Waals surface area contributed by atoms with E-state index >= 15 is 0 Å². The predicted molar refractivity (Wildman–Crippen MR) is 100 cm³/mol. The predicted octanol–water partition coefficient (Wildman–Crippen LogP) is 2.48. The van der Waals surface area contributed by atoms with E-state index in [0.29, 0.717) is 11.4 Å². The van der Waals surface area contributed by atoms with Gasteiger partial charge in [0.15, 0.2) is 5.82 Å². The van der Waals surface area contributed by atoms with Crippen LogP contribution in [-0.4, -0.2) is 40.6 Å². The van der Waals surface area contributed by atoms with Crippen LogP contribution >= 0.6 is 0 Å². The molecule has 3 aromatic rings. The van der Waals surface area contributed by atoms with Crippen molar-refractivity contribution in [3.8, 4) is 0 Å². The molecule has 1 aliphatic carbocycles. The molecule has 0 saturated carbocycles. The van der Waals surface area contributed by atoms with Crippen LogP contribution in [0.4, 0.5) is 5.82 Å². The molecule has 0 atom stereocenters. The molecular formula is C20H20N4O2. The van der Waals surface area contributed by atoms with Gasteiger partial charge < -0.3 is 10.2 Å². The summed E-state index contributed by atoms with van der Waals surface area (Å²) in [5, 5.41) is 9.29. The van der Waals surface area contributed by atoms with E-state index in [4.69, 9.17) is 0 Å². The quantitative estimate of drug-likeness (QED) is 0.788. The van der Waals surface area contributed by atoms with Crippen LogP contribution in [0.3, 0.4) is 0 Å². The highest BCUT2D eigenvalue weighted by atomic mass is 16.2. The second-order valence-corrected chi connectivity index (χ2v) is 6.75. The van der Waals surface area contributed by atoms with Gasteiger partial charge in [0.25, 0.3) is 5.91 Å². The number of nitrogens with zero attached hydrogens (tertiary/aromatic N) is 3. The van der Waals surface area contributed by atoms with E-state index < -0.39 is 0 Å². The van der Waals surface area contributed by atoms with Crippen molar-refractivity contribution in [1.82, 2.24) is 14.7 Å². The molecule has 1 N–H and O–H groups in total. The first-order valence-corrected chi connectivity index (χ1v) is 8.61. The van der Waals surface area contributed by atoms with Crippen molar-refractivity contribution < 1.29 is 9.59 Å². The van der Waals surface area contributed by atoms with Gasteiger partial charge in [0.05, 0.1) is 0 Å². The number of carbonyl (C=O) groups excluding carboxylic acids is 2. The Morgan fingerprint density at radius 1 is 1.12 bits per heavy atom. The first-order valence-electron chi connectivity index (χ1n) is 8.61. The molecular weight excluding hydrogens is 328 g/mol. The monoisotopic (exact) mass is 348 g/mol. The van der Waals surface area contributed by atoms with Gasteiger partial charge in [0, 0.05) is 31.9 Å². The summed E-state index contributed by atoms with van der Waals surface area (Å²) >= 11 is 0. The van der Waals surface area contributed by atoms with Crippen LogP contribution in [0.2, 0.25) is 0 Å². The summed E-state index contributed by atoms with van der Waals surface area (Å²) in [6.07, 6.45) is 3.74. The maximum absolute atomic E-state index is 12.8. The minimum absolute atomic E-state index is 0.0570. The minimum atomic E-state index is -0.190. The first kappa shape index (κ1) is 16.3. The van der Waals surface area contributed by atoms with Crippen LogP contribution in [0.25, 0.3) is 10.8 Å².